The van der Waals surface area contributed by atoms with E-state index in [1.165, 1.54) is 18.2 Å². The van der Waals surface area contributed by atoms with Gasteiger partial charge in [0, 0.05) is 12.2 Å². The molecule has 1 unspecified atom stereocenters. The van der Waals surface area contributed by atoms with Crippen LogP contribution in [0.25, 0.3) is 0 Å². The molecule has 0 spiro atoms. The topological polar surface area (TPSA) is 42.2 Å². The first-order valence-electron chi connectivity index (χ1n) is 5.67. The minimum Gasteiger partial charge on any atom is -0.376 e. The zero-order chi connectivity index (χ0) is 12.1. The summed E-state index contributed by atoms with van der Waals surface area (Å²) >= 11 is 0. The lowest BCUT2D eigenvalue weighted by atomic mass is 10.1. The van der Waals surface area contributed by atoms with Crippen molar-refractivity contribution in [1.29, 1.82) is 5.26 Å². The Morgan fingerprint density at radius 2 is 2.41 bits per heavy atom. The number of halogens is 1. The second kappa shape index (κ2) is 5.76. The van der Waals surface area contributed by atoms with Crippen LogP contribution in [0, 0.1) is 17.1 Å². The summed E-state index contributed by atoms with van der Waals surface area (Å²) in [5, 5.41) is 8.72. The van der Waals surface area contributed by atoms with E-state index in [0.717, 1.165) is 19.4 Å². The van der Waals surface area contributed by atoms with Crippen molar-refractivity contribution in [3.8, 4) is 6.07 Å². The normalized spacial score (nSPS) is 19.2. The van der Waals surface area contributed by atoms with Gasteiger partial charge in [-0.05, 0) is 31.0 Å². The predicted molar refractivity (Wildman–Crippen MR) is 59.7 cm³/mol. The van der Waals surface area contributed by atoms with Crippen LogP contribution in [0.5, 0.6) is 0 Å². The van der Waals surface area contributed by atoms with Crippen molar-refractivity contribution in [3.05, 3.63) is 35.1 Å². The maximum absolute atomic E-state index is 13.4. The number of hydrogen-bond donors (Lipinski definition) is 0. The largest absolute Gasteiger partial charge is 0.376 e. The molecule has 1 aromatic rings. The summed E-state index contributed by atoms with van der Waals surface area (Å²) in [5.74, 6) is -0.337. The van der Waals surface area contributed by atoms with Gasteiger partial charge in [0.25, 0.3) is 0 Å². The highest BCUT2D eigenvalue weighted by Crippen LogP contribution is 2.15. The molecule has 0 N–H and O–H groups in total. The van der Waals surface area contributed by atoms with Crippen molar-refractivity contribution in [2.24, 2.45) is 0 Å². The van der Waals surface area contributed by atoms with E-state index in [0.29, 0.717) is 17.7 Å². The predicted octanol–water partition coefficient (Wildman–Crippen LogP) is 2.39. The quantitative estimate of drug-likeness (QED) is 0.804. The van der Waals surface area contributed by atoms with Crippen molar-refractivity contribution in [2.75, 3.05) is 13.2 Å². The summed E-state index contributed by atoms with van der Waals surface area (Å²) in [4.78, 5) is 0. The number of hydrogen-bond acceptors (Lipinski definition) is 3. The Hall–Kier alpha value is -1.44. The van der Waals surface area contributed by atoms with Gasteiger partial charge >= 0.3 is 0 Å². The zero-order valence-corrected chi connectivity index (χ0v) is 9.49. The van der Waals surface area contributed by atoms with Crippen LogP contribution in [0.15, 0.2) is 18.2 Å². The Labute approximate surface area is 99.8 Å². The highest BCUT2D eigenvalue weighted by Gasteiger charge is 2.15. The summed E-state index contributed by atoms with van der Waals surface area (Å²) in [5.41, 5.74) is 0.865. The first kappa shape index (κ1) is 12.0. The Morgan fingerprint density at radius 3 is 3.12 bits per heavy atom. The van der Waals surface area contributed by atoms with Crippen molar-refractivity contribution < 1.29 is 13.9 Å². The third-order valence-corrected chi connectivity index (χ3v) is 2.76. The fourth-order valence-corrected chi connectivity index (χ4v) is 1.83. The van der Waals surface area contributed by atoms with E-state index in [2.05, 4.69) is 0 Å². The van der Waals surface area contributed by atoms with Gasteiger partial charge in [-0.15, -0.1) is 0 Å². The Morgan fingerprint density at radius 1 is 1.53 bits per heavy atom. The van der Waals surface area contributed by atoms with Crippen LogP contribution in [0.3, 0.4) is 0 Å². The fourth-order valence-electron chi connectivity index (χ4n) is 1.83. The van der Waals surface area contributed by atoms with Gasteiger partial charge < -0.3 is 9.47 Å². The number of rotatable bonds is 4. The average Bonchev–Trinajstić information content (AvgIpc) is 2.84. The summed E-state index contributed by atoms with van der Waals surface area (Å²) in [6, 6.07) is 6.25. The van der Waals surface area contributed by atoms with Crippen LogP contribution in [0.4, 0.5) is 4.39 Å². The lowest BCUT2D eigenvalue weighted by molar-refractivity contribution is 0.00982. The summed E-state index contributed by atoms with van der Waals surface area (Å²) in [6.07, 6.45) is 2.20. The third-order valence-electron chi connectivity index (χ3n) is 2.76. The average molecular weight is 235 g/mol. The van der Waals surface area contributed by atoms with E-state index in [1.54, 1.807) is 0 Å². The van der Waals surface area contributed by atoms with E-state index >= 15 is 0 Å². The van der Waals surface area contributed by atoms with Gasteiger partial charge in [-0.2, -0.15) is 5.26 Å². The minimum absolute atomic E-state index is 0.136. The maximum atomic E-state index is 13.4. The maximum Gasteiger partial charge on any atom is 0.128 e. The molecule has 1 fully saturated rings. The van der Waals surface area contributed by atoms with Crippen LogP contribution in [0.2, 0.25) is 0 Å². The molecule has 1 heterocycles. The molecular formula is C13H14FNO2. The second-order valence-electron chi connectivity index (χ2n) is 4.07. The van der Waals surface area contributed by atoms with Crippen molar-refractivity contribution >= 4 is 0 Å². The van der Waals surface area contributed by atoms with E-state index in [1.807, 2.05) is 6.07 Å². The van der Waals surface area contributed by atoms with Crippen LogP contribution < -0.4 is 0 Å². The Bertz CT molecular complexity index is 422. The van der Waals surface area contributed by atoms with Gasteiger partial charge in [0.15, 0.2) is 0 Å². The molecule has 17 heavy (non-hydrogen) atoms. The summed E-state index contributed by atoms with van der Waals surface area (Å²) in [6.45, 7) is 1.45. The molecular weight excluding hydrogens is 221 g/mol. The minimum atomic E-state index is -0.337. The molecule has 0 bridgehead atoms. The van der Waals surface area contributed by atoms with Gasteiger partial charge in [-0.1, -0.05) is 0 Å². The molecule has 4 heteroatoms. The fraction of sp³-hybridized carbons (Fsp3) is 0.462. The van der Waals surface area contributed by atoms with Crippen LogP contribution in [-0.2, 0) is 16.1 Å². The molecule has 0 aliphatic carbocycles. The number of benzene rings is 1. The monoisotopic (exact) mass is 235 g/mol. The molecule has 2 rings (SSSR count). The van der Waals surface area contributed by atoms with E-state index in [-0.39, 0.29) is 18.5 Å². The van der Waals surface area contributed by atoms with E-state index < -0.39 is 0 Å². The molecule has 0 saturated carbocycles. The lowest BCUT2D eigenvalue weighted by Gasteiger charge is -2.10. The summed E-state index contributed by atoms with van der Waals surface area (Å²) in [7, 11) is 0. The zero-order valence-electron chi connectivity index (χ0n) is 9.49. The van der Waals surface area contributed by atoms with Crippen LogP contribution in [-0.4, -0.2) is 19.3 Å². The van der Waals surface area contributed by atoms with E-state index in [4.69, 9.17) is 14.7 Å². The number of nitrogens with zero attached hydrogens (tertiary/aromatic N) is 1. The number of nitriles is 1. The third kappa shape index (κ3) is 3.26. The highest BCUT2D eigenvalue weighted by molar-refractivity contribution is 5.33. The molecule has 0 aromatic heterocycles. The van der Waals surface area contributed by atoms with Gasteiger partial charge in [0.05, 0.1) is 31.0 Å². The molecule has 0 radical (unpaired) electrons. The SMILES string of the molecule is N#Cc1ccc(F)c(COCC2CCCO2)c1. The molecule has 1 atom stereocenters. The Balaban J connectivity index is 1.87. The van der Waals surface area contributed by atoms with Gasteiger partial charge in [-0.25, -0.2) is 4.39 Å². The standard InChI is InChI=1S/C13H14FNO2/c14-13-4-3-10(7-15)6-11(13)8-16-9-12-2-1-5-17-12/h3-4,6,12H,1-2,5,8-9H2. The van der Waals surface area contributed by atoms with Crippen molar-refractivity contribution in [2.45, 2.75) is 25.6 Å². The second-order valence-corrected chi connectivity index (χ2v) is 4.07. The lowest BCUT2D eigenvalue weighted by Crippen LogP contribution is -2.14. The highest BCUT2D eigenvalue weighted by atomic mass is 19.1. The molecule has 1 aromatic carbocycles. The molecule has 1 saturated heterocycles. The molecule has 90 valence electrons. The van der Waals surface area contributed by atoms with Crippen LogP contribution in [0.1, 0.15) is 24.0 Å². The Kier molecular flexibility index (Phi) is 4.08. The molecule has 1 aliphatic rings. The van der Waals surface area contributed by atoms with Crippen LogP contribution >= 0.6 is 0 Å². The van der Waals surface area contributed by atoms with Gasteiger partial charge in [0.2, 0.25) is 0 Å². The first-order valence-corrected chi connectivity index (χ1v) is 5.67. The number of ether oxygens (including phenoxy) is 2. The van der Waals surface area contributed by atoms with Gasteiger partial charge in [-0.3, -0.25) is 0 Å². The molecule has 3 nitrogen and oxygen atoms in total. The van der Waals surface area contributed by atoms with E-state index in [9.17, 15) is 4.39 Å². The van der Waals surface area contributed by atoms with Gasteiger partial charge in [0.1, 0.15) is 5.82 Å². The first-order chi connectivity index (χ1) is 8.29. The summed E-state index contributed by atoms with van der Waals surface area (Å²) < 4.78 is 24.2. The molecule has 0 amide bonds. The van der Waals surface area contributed by atoms with Crippen molar-refractivity contribution in [1.82, 2.24) is 0 Å². The van der Waals surface area contributed by atoms with Crippen molar-refractivity contribution in [3.63, 3.8) is 0 Å². The smallest absolute Gasteiger partial charge is 0.128 e. The molecule has 1 aliphatic heterocycles.